The predicted molar refractivity (Wildman–Crippen MR) is 82.8 cm³/mol. The van der Waals surface area contributed by atoms with Crippen molar-refractivity contribution in [3.05, 3.63) is 0 Å². The second kappa shape index (κ2) is 9.66. The lowest BCUT2D eigenvalue weighted by atomic mass is 9.98. The van der Waals surface area contributed by atoms with Crippen LogP contribution in [0.2, 0.25) is 0 Å². The molecule has 0 aromatic rings. The van der Waals surface area contributed by atoms with Gasteiger partial charge in [0.05, 0.1) is 13.2 Å². The van der Waals surface area contributed by atoms with Crippen molar-refractivity contribution in [2.24, 2.45) is 0 Å². The summed E-state index contributed by atoms with van der Waals surface area (Å²) in [6, 6.07) is 0. The van der Waals surface area contributed by atoms with Crippen molar-refractivity contribution in [2.75, 3.05) is 26.9 Å². The van der Waals surface area contributed by atoms with E-state index in [0.717, 1.165) is 0 Å². The van der Waals surface area contributed by atoms with Gasteiger partial charge in [-0.3, -0.25) is 0 Å². The Morgan fingerprint density at radius 3 is 1.58 bits per heavy atom. The van der Waals surface area contributed by atoms with E-state index in [9.17, 15) is 30.6 Å². The van der Waals surface area contributed by atoms with Crippen molar-refractivity contribution in [3.63, 3.8) is 0 Å². The van der Waals surface area contributed by atoms with Crippen LogP contribution >= 0.6 is 0 Å². The second-order valence-electron chi connectivity index (χ2n) is 6.27. The van der Waals surface area contributed by atoms with Crippen LogP contribution in [0.25, 0.3) is 0 Å². The van der Waals surface area contributed by atoms with Gasteiger partial charge in [0.25, 0.3) is 0 Å². The van der Waals surface area contributed by atoms with E-state index >= 15 is 0 Å². The summed E-state index contributed by atoms with van der Waals surface area (Å²) < 4.78 is 26.2. The average Bonchev–Trinajstić information content (AvgIpc) is 2.62. The molecule has 0 aromatic heterocycles. The van der Waals surface area contributed by atoms with Crippen LogP contribution in [0.4, 0.5) is 0 Å². The Kier molecular flexibility index (Phi) is 8.12. The van der Waals surface area contributed by atoms with Crippen molar-refractivity contribution >= 4 is 0 Å². The van der Waals surface area contributed by atoms with Crippen molar-refractivity contribution < 1.29 is 54.3 Å². The van der Waals surface area contributed by atoms with Crippen LogP contribution in [0.5, 0.6) is 0 Å². The number of aliphatic hydroxyl groups is 6. The summed E-state index contributed by atoms with van der Waals surface area (Å²) >= 11 is 0. The summed E-state index contributed by atoms with van der Waals surface area (Å²) in [4.78, 5) is 0. The molecular formula is C15H28O11. The molecular weight excluding hydrogens is 356 g/mol. The fraction of sp³-hybridized carbons (Fsp3) is 1.00. The normalized spacial score (nSPS) is 47.1. The average molecular weight is 384 g/mol. The molecule has 0 amide bonds. The highest BCUT2D eigenvalue weighted by atomic mass is 16.7. The SMILES string of the molecule is CCO[C@H]1OC(CO[C@H]2OC(COC)[C@@H](O)[C@@H](O)C2O)[C@@H](O)[C@@H](O)C1O. The smallest absolute Gasteiger partial charge is 0.186 e. The molecule has 4 unspecified atom stereocenters. The lowest BCUT2D eigenvalue weighted by Crippen LogP contribution is -2.61. The summed E-state index contributed by atoms with van der Waals surface area (Å²) in [5, 5.41) is 59.5. The molecule has 2 heterocycles. The van der Waals surface area contributed by atoms with E-state index in [1.54, 1.807) is 6.92 Å². The molecule has 11 heteroatoms. The number of rotatable bonds is 7. The molecule has 26 heavy (non-hydrogen) atoms. The molecule has 2 saturated heterocycles. The zero-order valence-electron chi connectivity index (χ0n) is 14.6. The molecule has 2 aliphatic heterocycles. The maximum atomic E-state index is 10.0. The van der Waals surface area contributed by atoms with Crippen molar-refractivity contribution in [1.29, 1.82) is 0 Å². The number of aliphatic hydroxyl groups excluding tert-OH is 6. The number of methoxy groups -OCH3 is 1. The zero-order chi connectivity index (χ0) is 19.4. The molecule has 0 aromatic carbocycles. The topological polar surface area (TPSA) is 168 Å². The van der Waals surface area contributed by atoms with Gasteiger partial charge in [0.15, 0.2) is 12.6 Å². The largest absolute Gasteiger partial charge is 0.387 e. The maximum absolute atomic E-state index is 10.0. The van der Waals surface area contributed by atoms with Gasteiger partial charge in [0.2, 0.25) is 0 Å². The minimum absolute atomic E-state index is 0.0370. The van der Waals surface area contributed by atoms with Gasteiger partial charge in [-0.2, -0.15) is 0 Å². The van der Waals surface area contributed by atoms with E-state index in [4.69, 9.17) is 23.7 Å². The van der Waals surface area contributed by atoms with Crippen LogP contribution < -0.4 is 0 Å². The Morgan fingerprint density at radius 1 is 0.654 bits per heavy atom. The van der Waals surface area contributed by atoms with E-state index in [0.29, 0.717) is 0 Å². The van der Waals surface area contributed by atoms with Crippen LogP contribution in [0, 0.1) is 0 Å². The minimum atomic E-state index is -1.54. The van der Waals surface area contributed by atoms with Gasteiger partial charge in [-0.1, -0.05) is 0 Å². The van der Waals surface area contributed by atoms with Crippen molar-refractivity contribution in [1.82, 2.24) is 0 Å². The Morgan fingerprint density at radius 2 is 1.12 bits per heavy atom. The zero-order valence-corrected chi connectivity index (χ0v) is 14.6. The number of ether oxygens (including phenoxy) is 5. The van der Waals surface area contributed by atoms with Gasteiger partial charge in [-0.05, 0) is 6.92 Å². The highest BCUT2D eigenvalue weighted by Crippen LogP contribution is 2.26. The van der Waals surface area contributed by atoms with E-state index < -0.39 is 61.4 Å². The molecule has 2 rings (SSSR count). The first-order valence-corrected chi connectivity index (χ1v) is 8.43. The molecule has 0 aliphatic carbocycles. The van der Waals surface area contributed by atoms with E-state index in [2.05, 4.69) is 0 Å². The van der Waals surface area contributed by atoms with E-state index in [1.807, 2.05) is 0 Å². The Hall–Kier alpha value is -0.440. The minimum Gasteiger partial charge on any atom is -0.387 e. The highest BCUT2D eigenvalue weighted by molar-refractivity contribution is 4.91. The molecule has 2 aliphatic rings. The third-order valence-corrected chi connectivity index (χ3v) is 4.42. The van der Waals surface area contributed by atoms with E-state index in [-0.39, 0.29) is 19.8 Å². The summed E-state index contributed by atoms with van der Waals surface area (Å²) in [6.45, 7) is 1.52. The molecule has 154 valence electrons. The molecule has 2 fully saturated rings. The van der Waals surface area contributed by atoms with Gasteiger partial charge < -0.3 is 54.3 Å². The van der Waals surface area contributed by atoms with Gasteiger partial charge in [-0.25, -0.2) is 0 Å². The molecule has 0 saturated carbocycles. The molecule has 0 bridgehead atoms. The second-order valence-corrected chi connectivity index (χ2v) is 6.27. The van der Waals surface area contributed by atoms with Gasteiger partial charge in [0.1, 0.15) is 48.8 Å². The van der Waals surface area contributed by atoms with Crippen LogP contribution in [0.1, 0.15) is 6.92 Å². The van der Waals surface area contributed by atoms with Gasteiger partial charge in [-0.15, -0.1) is 0 Å². The first kappa shape index (κ1) is 21.9. The van der Waals surface area contributed by atoms with Crippen LogP contribution in [0.15, 0.2) is 0 Å². The summed E-state index contributed by atoms with van der Waals surface area (Å²) in [5.74, 6) is 0. The third kappa shape index (κ3) is 4.69. The maximum Gasteiger partial charge on any atom is 0.186 e. The first-order chi connectivity index (χ1) is 12.3. The van der Waals surface area contributed by atoms with Gasteiger partial charge in [0, 0.05) is 13.7 Å². The highest BCUT2D eigenvalue weighted by Gasteiger charge is 2.47. The molecule has 0 spiro atoms. The fourth-order valence-electron chi connectivity index (χ4n) is 2.90. The summed E-state index contributed by atoms with van der Waals surface area (Å²) in [6.07, 6.45) is -13.3. The monoisotopic (exact) mass is 384 g/mol. The molecule has 11 nitrogen and oxygen atoms in total. The quantitative estimate of drug-likeness (QED) is 0.256. The Balaban J connectivity index is 1.97. The predicted octanol–water partition coefficient (Wildman–Crippen LogP) is -3.70. The Bertz CT molecular complexity index is 386. The van der Waals surface area contributed by atoms with Crippen molar-refractivity contribution in [3.8, 4) is 0 Å². The molecule has 0 radical (unpaired) electrons. The first-order valence-electron chi connectivity index (χ1n) is 8.43. The van der Waals surface area contributed by atoms with Gasteiger partial charge >= 0.3 is 0 Å². The summed E-state index contributed by atoms with van der Waals surface area (Å²) in [5.41, 5.74) is 0. The standard InChI is InChI=1S/C15H28O11/c1-3-23-14-12(20)11(19)9(17)7(26-14)5-24-15-13(21)10(18)8(16)6(25-15)4-22-2/h6-21H,3-5H2,1-2H3/t6?,7?,8-,9-,10-,11-,12?,13?,14+,15+/m1/s1. The van der Waals surface area contributed by atoms with Crippen molar-refractivity contribution in [2.45, 2.75) is 68.3 Å². The summed E-state index contributed by atoms with van der Waals surface area (Å²) in [7, 11) is 1.39. The van der Waals surface area contributed by atoms with E-state index in [1.165, 1.54) is 7.11 Å². The van der Waals surface area contributed by atoms with Crippen LogP contribution in [-0.2, 0) is 23.7 Å². The third-order valence-electron chi connectivity index (χ3n) is 4.42. The lowest BCUT2D eigenvalue weighted by Gasteiger charge is -2.42. The fourth-order valence-corrected chi connectivity index (χ4v) is 2.90. The lowest BCUT2D eigenvalue weighted by molar-refractivity contribution is -0.331. The Labute approximate surface area is 150 Å². The molecule has 10 atom stereocenters. The number of hydrogen-bond acceptors (Lipinski definition) is 11. The molecule has 6 N–H and O–H groups in total. The van der Waals surface area contributed by atoms with Crippen LogP contribution in [0.3, 0.4) is 0 Å². The number of hydrogen-bond donors (Lipinski definition) is 6. The van der Waals surface area contributed by atoms with Crippen LogP contribution in [-0.4, -0.2) is 119 Å².